The van der Waals surface area contributed by atoms with Gasteiger partial charge in [0.05, 0.1) is 5.56 Å². The molecule has 10 heteroatoms. The number of hydrogen-bond donors (Lipinski definition) is 2. The van der Waals surface area contributed by atoms with Gasteiger partial charge in [0, 0.05) is 30.0 Å². The molecule has 0 saturated heterocycles. The van der Waals surface area contributed by atoms with E-state index in [0.717, 1.165) is 18.2 Å². The van der Waals surface area contributed by atoms with Crippen molar-refractivity contribution in [1.82, 2.24) is 9.97 Å². The average Bonchev–Trinajstić information content (AvgIpc) is 2.72. The molecule has 0 aliphatic heterocycles. The third kappa shape index (κ3) is 6.13. The quantitative estimate of drug-likeness (QED) is 0.255. The number of hydrogen-bond acceptors (Lipinski definition) is 4. The summed E-state index contributed by atoms with van der Waals surface area (Å²) in [5.74, 6) is -1.70. The second-order valence-corrected chi connectivity index (χ2v) is 6.59. The van der Waals surface area contributed by atoms with Crippen molar-refractivity contribution in [3.63, 3.8) is 0 Å². The van der Waals surface area contributed by atoms with Crippen LogP contribution < -0.4 is 10.6 Å². The first-order valence-electron chi connectivity index (χ1n) is 8.75. The highest BCUT2D eigenvalue weighted by Gasteiger charge is 2.30. The lowest BCUT2D eigenvalue weighted by Gasteiger charge is -2.12. The fraction of sp³-hybridized carbons (Fsp3) is 0.0476. The molecule has 0 saturated carbocycles. The van der Waals surface area contributed by atoms with Crippen molar-refractivity contribution >= 4 is 40.9 Å². The summed E-state index contributed by atoms with van der Waals surface area (Å²) >= 11 is 5.80. The van der Waals surface area contributed by atoms with Crippen molar-refractivity contribution in [1.29, 1.82) is 0 Å². The molecule has 0 unspecified atom stereocenters. The molecule has 0 aliphatic rings. The number of benzene rings is 1. The molecular weight excluding hydrogens is 433 g/mol. The Morgan fingerprint density at radius 3 is 2.26 bits per heavy atom. The van der Waals surface area contributed by atoms with E-state index in [1.165, 1.54) is 42.9 Å². The number of halogens is 4. The molecule has 2 heterocycles. The standard InChI is InChI=1S/C21H14ClF3N4O2/c22-18-11-16(6-8-27-18)29-20(31)17(9-13-3-2-7-26-12-13)19(30)28-15-5-1-4-14(10-15)21(23,24)25/h1-12H,(H,28,30)(H,27,29,31). The van der Waals surface area contributed by atoms with Gasteiger partial charge in [-0.3, -0.25) is 14.6 Å². The number of aromatic nitrogens is 2. The van der Waals surface area contributed by atoms with E-state index >= 15 is 0 Å². The van der Waals surface area contributed by atoms with Crippen LogP contribution in [0.15, 0.2) is 72.7 Å². The largest absolute Gasteiger partial charge is 0.416 e. The van der Waals surface area contributed by atoms with E-state index < -0.39 is 23.6 Å². The number of anilines is 2. The summed E-state index contributed by atoms with van der Waals surface area (Å²) in [5, 5.41) is 4.97. The highest BCUT2D eigenvalue weighted by atomic mass is 35.5. The van der Waals surface area contributed by atoms with E-state index in [0.29, 0.717) is 5.56 Å². The lowest BCUT2D eigenvalue weighted by atomic mass is 10.1. The average molecular weight is 447 g/mol. The molecule has 2 amide bonds. The summed E-state index contributed by atoms with van der Waals surface area (Å²) in [7, 11) is 0. The second-order valence-electron chi connectivity index (χ2n) is 6.20. The number of pyridine rings is 2. The van der Waals surface area contributed by atoms with Gasteiger partial charge in [-0.2, -0.15) is 13.2 Å². The van der Waals surface area contributed by atoms with E-state index in [1.807, 2.05) is 0 Å². The maximum atomic E-state index is 12.9. The fourth-order valence-electron chi connectivity index (χ4n) is 2.51. The Bertz CT molecular complexity index is 1130. The molecule has 0 bridgehead atoms. The van der Waals surface area contributed by atoms with E-state index in [4.69, 9.17) is 11.6 Å². The molecule has 0 fully saturated rings. The Hall–Kier alpha value is -3.72. The van der Waals surface area contributed by atoms with Crippen LogP contribution in [0, 0.1) is 0 Å². The van der Waals surface area contributed by atoms with Crippen LogP contribution in [0.3, 0.4) is 0 Å². The Labute approximate surface area is 179 Å². The molecule has 3 aromatic rings. The monoisotopic (exact) mass is 446 g/mol. The molecule has 0 radical (unpaired) electrons. The van der Waals surface area contributed by atoms with Gasteiger partial charge in [0.1, 0.15) is 10.7 Å². The minimum absolute atomic E-state index is 0.114. The number of alkyl halides is 3. The molecule has 3 rings (SSSR count). The molecule has 0 aliphatic carbocycles. The van der Waals surface area contributed by atoms with Crippen LogP contribution in [-0.2, 0) is 15.8 Å². The van der Waals surface area contributed by atoms with Crippen molar-refractivity contribution in [2.75, 3.05) is 10.6 Å². The molecule has 31 heavy (non-hydrogen) atoms. The van der Waals surface area contributed by atoms with Gasteiger partial charge in [0.2, 0.25) is 0 Å². The summed E-state index contributed by atoms with van der Waals surface area (Å²) in [6.07, 6.45) is 0.999. The zero-order valence-corrected chi connectivity index (χ0v) is 16.4. The normalized spacial score (nSPS) is 11.7. The number of carbonyl (C=O) groups excluding carboxylic acids is 2. The van der Waals surface area contributed by atoms with Gasteiger partial charge in [-0.25, -0.2) is 4.98 Å². The van der Waals surface area contributed by atoms with Crippen molar-refractivity contribution in [2.24, 2.45) is 0 Å². The van der Waals surface area contributed by atoms with Crippen molar-refractivity contribution in [3.8, 4) is 0 Å². The van der Waals surface area contributed by atoms with Gasteiger partial charge in [-0.15, -0.1) is 0 Å². The third-order valence-corrected chi connectivity index (χ3v) is 4.12. The molecule has 0 spiro atoms. The minimum Gasteiger partial charge on any atom is -0.322 e. The van der Waals surface area contributed by atoms with Crippen LogP contribution in [-0.4, -0.2) is 21.8 Å². The van der Waals surface area contributed by atoms with E-state index in [1.54, 1.807) is 12.1 Å². The Morgan fingerprint density at radius 1 is 0.935 bits per heavy atom. The van der Waals surface area contributed by atoms with Gasteiger partial charge in [0.25, 0.3) is 11.8 Å². The predicted octanol–water partition coefficient (Wildman–Crippen LogP) is 4.81. The van der Waals surface area contributed by atoms with Gasteiger partial charge < -0.3 is 10.6 Å². The SMILES string of the molecule is O=C(Nc1cccc(C(F)(F)F)c1)C(=Cc1cccnc1)C(=O)Nc1ccnc(Cl)c1. The molecule has 2 aromatic heterocycles. The topological polar surface area (TPSA) is 84.0 Å². The summed E-state index contributed by atoms with van der Waals surface area (Å²) in [4.78, 5) is 33.3. The van der Waals surface area contributed by atoms with Crippen molar-refractivity contribution in [2.45, 2.75) is 6.18 Å². The second kappa shape index (κ2) is 9.40. The lowest BCUT2D eigenvalue weighted by molar-refractivity contribution is -0.137. The number of nitrogens with one attached hydrogen (secondary N) is 2. The van der Waals surface area contributed by atoms with E-state index in [2.05, 4.69) is 20.6 Å². The molecule has 6 nitrogen and oxygen atoms in total. The first kappa shape index (κ1) is 22.0. The number of amides is 2. The van der Waals surface area contributed by atoms with Crippen molar-refractivity contribution in [3.05, 3.63) is 89.0 Å². The highest BCUT2D eigenvalue weighted by Crippen LogP contribution is 2.30. The zero-order valence-electron chi connectivity index (χ0n) is 15.7. The molecule has 1 aromatic carbocycles. The summed E-state index contributed by atoms with van der Waals surface area (Å²) in [6.45, 7) is 0. The smallest absolute Gasteiger partial charge is 0.322 e. The summed E-state index contributed by atoms with van der Waals surface area (Å²) < 4.78 is 38.8. The number of rotatable bonds is 5. The Morgan fingerprint density at radius 2 is 1.65 bits per heavy atom. The van der Waals surface area contributed by atoms with Crippen LogP contribution in [0.4, 0.5) is 24.5 Å². The summed E-state index contributed by atoms with van der Waals surface area (Å²) in [5.41, 5.74) is -0.664. The molecule has 0 atom stereocenters. The fourth-order valence-corrected chi connectivity index (χ4v) is 2.69. The van der Waals surface area contributed by atoms with E-state index in [9.17, 15) is 22.8 Å². The van der Waals surface area contributed by atoms with Gasteiger partial charge in [-0.05, 0) is 48.0 Å². The predicted molar refractivity (Wildman–Crippen MR) is 110 cm³/mol. The van der Waals surface area contributed by atoms with E-state index in [-0.39, 0.29) is 22.1 Å². The number of nitrogens with zero attached hydrogens (tertiary/aromatic N) is 2. The van der Waals surface area contributed by atoms with Crippen LogP contribution in [0.25, 0.3) is 6.08 Å². The van der Waals surface area contributed by atoms with Crippen LogP contribution in [0.1, 0.15) is 11.1 Å². The minimum atomic E-state index is -4.58. The lowest BCUT2D eigenvalue weighted by Crippen LogP contribution is -2.25. The number of carbonyl (C=O) groups is 2. The van der Waals surface area contributed by atoms with Crippen LogP contribution >= 0.6 is 11.6 Å². The first-order chi connectivity index (χ1) is 14.7. The maximum Gasteiger partial charge on any atom is 0.416 e. The Kier molecular flexibility index (Phi) is 6.66. The van der Waals surface area contributed by atoms with Crippen LogP contribution in [0.2, 0.25) is 5.15 Å². The summed E-state index contributed by atoms with van der Waals surface area (Å²) in [6, 6.07) is 10.2. The van der Waals surface area contributed by atoms with Gasteiger partial charge >= 0.3 is 6.18 Å². The Balaban J connectivity index is 1.90. The maximum absolute atomic E-state index is 12.9. The molecule has 158 valence electrons. The third-order valence-electron chi connectivity index (χ3n) is 3.92. The first-order valence-corrected chi connectivity index (χ1v) is 9.13. The zero-order chi connectivity index (χ0) is 22.4. The van der Waals surface area contributed by atoms with Gasteiger partial charge in [-0.1, -0.05) is 23.7 Å². The highest BCUT2D eigenvalue weighted by molar-refractivity contribution is 6.30. The molecular formula is C21H14ClF3N4O2. The van der Waals surface area contributed by atoms with Gasteiger partial charge in [0.15, 0.2) is 0 Å². The molecule has 2 N–H and O–H groups in total. The van der Waals surface area contributed by atoms with Crippen LogP contribution in [0.5, 0.6) is 0 Å². The van der Waals surface area contributed by atoms with Crippen molar-refractivity contribution < 1.29 is 22.8 Å².